The first-order chi connectivity index (χ1) is 7.00. The van der Waals surface area contributed by atoms with Gasteiger partial charge in [0.25, 0.3) is 5.56 Å². The fraction of sp³-hybridized carbons (Fsp3) is 0.545. The van der Waals surface area contributed by atoms with Crippen molar-refractivity contribution in [3.8, 4) is 0 Å². The second-order valence-electron chi connectivity index (χ2n) is 4.10. The second-order valence-corrected chi connectivity index (χ2v) is 4.10. The Morgan fingerprint density at radius 3 is 2.73 bits per heavy atom. The Hall–Kier alpha value is -1.29. The first kappa shape index (κ1) is 11.8. The molecule has 0 bridgehead atoms. The van der Waals surface area contributed by atoms with Crippen molar-refractivity contribution in [2.45, 2.75) is 19.9 Å². The van der Waals surface area contributed by atoms with Gasteiger partial charge in [-0.25, -0.2) is 0 Å². The highest BCUT2D eigenvalue weighted by Crippen LogP contribution is 2.05. The molecule has 0 aliphatic carbocycles. The molecule has 0 unspecified atom stereocenters. The first-order valence-electron chi connectivity index (χ1n) is 5.12. The van der Waals surface area contributed by atoms with Crippen molar-refractivity contribution in [3.63, 3.8) is 0 Å². The molecule has 0 aliphatic rings. The summed E-state index contributed by atoms with van der Waals surface area (Å²) in [5.74, 6) is 0. The number of aryl methyl sites for hydroxylation is 2. The number of anilines is 1. The molecule has 0 radical (unpaired) electrons. The quantitative estimate of drug-likeness (QED) is 0.793. The fourth-order valence-corrected chi connectivity index (χ4v) is 1.42. The standard InChI is InChI=1S/C11H19N3O/c1-9-7-11(15)14(8-10(9)12)6-4-5-13(2)3/h7-8H,4-6,12H2,1-3H3. The van der Waals surface area contributed by atoms with Crippen molar-refractivity contribution in [2.24, 2.45) is 0 Å². The third kappa shape index (κ3) is 3.40. The van der Waals surface area contributed by atoms with Gasteiger partial charge in [-0.3, -0.25) is 4.79 Å². The first-order valence-corrected chi connectivity index (χ1v) is 5.12. The molecule has 15 heavy (non-hydrogen) atoms. The fourth-order valence-electron chi connectivity index (χ4n) is 1.42. The van der Waals surface area contributed by atoms with Crippen LogP contribution in [0.4, 0.5) is 5.69 Å². The minimum Gasteiger partial charge on any atom is -0.397 e. The van der Waals surface area contributed by atoms with E-state index in [9.17, 15) is 4.79 Å². The van der Waals surface area contributed by atoms with Crippen LogP contribution in [0.3, 0.4) is 0 Å². The molecule has 0 amide bonds. The molecule has 2 N–H and O–H groups in total. The molecular weight excluding hydrogens is 190 g/mol. The maximum atomic E-state index is 11.6. The third-order valence-electron chi connectivity index (χ3n) is 2.38. The molecule has 0 atom stereocenters. The van der Waals surface area contributed by atoms with E-state index in [2.05, 4.69) is 4.90 Å². The molecule has 0 aromatic carbocycles. The molecule has 0 saturated heterocycles. The lowest BCUT2D eigenvalue weighted by Crippen LogP contribution is -2.22. The molecule has 4 nitrogen and oxygen atoms in total. The number of hydrogen-bond acceptors (Lipinski definition) is 3. The average Bonchev–Trinajstić information content (AvgIpc) is 2.13. The lowest BCUT2D eigenvalue weighted by molar-refractivity contribution is 0.385. The van der Waals surface area contributed by atoms with Crippen LogP contribution < -0.4 is 11.3 Å². The molecule has 0 saturated carbocycles. The van der Waals surface area contributed by atoms with Crippen LogP contribution in [0.5, 0.6) is 0 Å². The molecule has 1 rings (SSSR count). The molecular formula is C11H19N3O. The lowest BCUT2D eigenvalue weighted by Gasteiger charge is -2.11. The lowest BCUT2D eigenvalue weighted by atomic mass is 10.2. The van der Waals surface area contributed by atoms with Crippen molar-refractivity contribution in [2.75, 3.05) is 26.4 Å². The van der Waals surface area contributed by atoms with Crippen LogP contribution in [0.2, 0.25) is 0 Å². The van der Waals surface area contributed by atoms with Crippen LogP contribution in [0.1, 0.15) is 12.0 Å². The van der Waals surface area contributed by atoms with Crippen LogP contribution in [-0.4, -0.2) is 30.1 Å². The Kier molecular flexibility index (Phi) is 3.91. The third-order valence-corrected chi connectivity index (χ3v) is 2.38. The van der Waals surface area contributed by atoms with E-state index in [1.165, 1.54) is 0 Å². The summed E-state index contributed by atoms with van der Waals surface area (Å²) in [7, 11) is 4.04. The summed E-state index contributed by atoms with van der Waals surface area (Å²) in [6.45, 7) is 3.54. The monoisotopic (exact) mass is 209 g/mol. The SMILES string of the molecule is Cc1cc(=O)n(CCCN(C)C)cc1N. The highest BCUT2D eigenvalue weighted by atomic mass is 16.1. The van der Waals surface area contributed by atoms with E-state index in [0.29, 0.717) is 5.69 Å². The van der Waals surface area contributed by atoms with Crippen molar-refractivity contribution in [3.05, 3.63) is 28.2 Å². The molecule has 0 fully saturated rings. The van der Waals surface area contributed by atoms with Crippen LogP contribution in [0, 0.1) is 6.92 Å². The average molecular weight is 209 g/mol. The van der Waals surface area contributed by atoms with Gasteiger partial charge in [0.15, 0.2) is 0 Å². The van der Waals surface area contributed by atoms with Crippen LogP contribution in [0.25, 0.3) is 0 Å². The Morgan fingerprint density at radius 1 is 1.47 bits per heavy atom. The maximum absolute atomic E-state index is 11.6. The minimum absolute atomic E-state index is 0.0282. The Balaban J connectivity index is 2.69. The van der Waals surface area contributed by atoms with Crippen molar-refractivity contribution in [1.29, 1.82) is 0 Å². The topological polar surface area (TPSA) is 51.3 Å². The van der Waals surface area contributed by atoms with Gasteiger partial charge in [0, 0.05) is 18.8 Å². The van der Waals surface area contributed by atoms with Crippen molar-refractivity contribution < 1.29 is 0 Å². The Bertz CT molecular complexity index is 382. The molecule has 1 heterocycles. The number of aromatic nitrogens is 1. The summed E-state index contributed by atoms with van der Waals surface area (Å²) in [5.41, 5.74) is 7.31. The Morgan fingerprint density at radius 2 is 2.13 bits per heavy atom. The zero-order valence-corrected chi connectivity index (χ0v) is 9.66. The van der Waals surface area contributed by atoms with E-state index in [1.54, 1.807) is 16.8 Å². The normalized spacial score (nSPS) is 10.9. The van der Waals surface area contributed by atoms with Gasteiger partial charge in [-0.1, -0.05) is 0 Å². The van der Waals surface area contributed by atoms with Crippen LogP contribution in [0.15, 0.2) is 17.1 Å². The van der Waals surface area contributed by atoms with E-state index in [4.69, 9.17) is 5.73 Å². The van der Waals surface area contributed by atoms with Gasteiger partial charge in [-0.05, 0) is 39.5 Å². The van der Waals surface area contributed by atoms with Crippen LogP contribution >= 0.6 is 0 Å². The number of rotatable bonds is 4. The summed E-state index contributed by atoms with van der Waals surface area (Å²) in [4.78, 5) is 13.7. The highest BCUT2D eigenvalue weighted by molar-refractivity contribution is 5.42. The zero-order chi connectivity index (χ0) is 11.4. The smallest absolute Gasteiger partial charge is 0.250 e. The van der Waals surface area contributed by atoms with E-state index in [0.717, 1.165) is 25.1 Å². The summed E-state index contributed by atoms with van der Waals surface area (Å²) in [6, 6.07) is 1.59. The van der Waals surface area contributed by atoms with Gasteiger partial charge in [0.2, 0.25) is 0 Å². The van der Waals surface area contributed by atoms with E-state index >= 15 is 0 Å². The molecule has 0 aliphatic heterocycles. The maximum Gasteiger partial charge on any atom is 0.250 e. The van der Waals surface area contributed by atoms with Gasteiger partial charge in [-0.2, -0.15) is 0 Å². The molecule has 84 valence electrons. The van der Waals surface area contributed by atoms with Gasteiger partial charge in [0.1, 0.15) is 0 Å². The van der Waals surface area contributed by atoms with Gasteiger partial charge < -0.3 is 15.2 Å². The largest absolute Gasteiger partial charge is 0.397 e. The van der Waals surface area contributed by atoms with Gasteiger partial charge in [-0.15, -0.1) is 0 Å². The summed E-state index contributed by atoms with van der Waals surface area (Å²) < 4.78 is 1.67. The summed E-state index contributed by atoms with van der Waals surface area (Å²) in [6.07, 6.45) is 2.68. The van der Waals surface area contributed by atoms with E-state index in [1.807, 2.05) is 21.0 Å². The molecule has 0 spiro atoms. The highest BCUT2D eigenvalue weighted by Gasteiger charge is 2.00. The molecule has 4 heteroatoms. The van der Waals surface area contributed by atoms with Gasteiger partial charge in [0.05, 0.1) is 5.69 Å². The summed E-state index contributed by atoms with van der Waals surface area (Å²) >= 11 is 0. The molecule has 1 aromatic rings. The van der Waals surface area contributed by atoms with Crippen molar-refractivity contribution in [1.82, 2.24) is 9.47 Å². The van der Waals surface area contributed by atoms with Gasteiger partial charge >= 0.3 is 0 Å². The predicted molar refractivity (Wildman–Crippen MR) is 63.0 cm³/mol. The van der Waals surface area contributed by atoms with Crippen molar-refractivity contribution >= 4 is 5.69 Å². The number of hydrogen-bond donors (Lipinski definition) is 1. The zero-order valence-electron chi connectivity index (χ0n) is 9.66. The Labute approximate surface area is 90.3 Å². The predicted octanol–water partition coefficient (Wildman–Crippen LogP) is 0.691. The minimum atomic E-state index is 0.0282. The van der Waals surface area contributed by atoms with Crippen LogP contribution in [-0.2, 0) is 6.54 Å². The summed E-state index contributed by atoms with van der Waals surface area (Å²) in [5, 5.41) is 0. The number of nitrogens with zero attached hydrogens (tertiary/aromatic N) is 2. The number of nitrogen functional groups attached to an aromatic ring is 1. The number of nitrogens with two attached hydrogens (primary N) is 1. The van der Waals surface area contributed by atoms with E-state index < -0.39 is 0 Å². The van der Waals surface area contributed by atoms with E-state index in [-0.39, 0.29) is 5.56 Å². The molecule has 1 aromatic heterocycles. The number of pyridine rings is 1. The second kappa shape index (κ2) is 4.98.